The van der Waals surface area contributed by atoms with E-state index in [1.54, 1.807) is 0 Å². The van der Waals surface area contributed by atoms with Crippen molar-refractivity contribution in [1.29, 1.82) is 0 Å². The van der Waals surface area contributed by atoms with E-state index in [1.165, 1.54) is 19.3 Å². The van der Waals surface area contributed by atoms with Crippen molar-refractivity contribution in [2.75, 3.05) is 23.8 Å². The lowest BCUT2D eigenvalue weighted by Crippen LogP contribution is -2.42. The monoisotopic (exact) mass is 257 g/mol. The number of fused-ring (bicyclic) bond motifs is 1. The lowest BCUT2D eigenvalue weighted by Gasteiger charge is -2.39. The molecule has 2 aromatic rings. The zero-order valence-corrected chi connectivity index (χ0v) is 10.9. The van der Waals surface area contributed by atoms with E-state index in [1.807, 2.05) is 30.5 Å². The molecule has 4 nitrogen and oxygen atoms in total. The second-order valence-electron chi connectivity index (χ2n) is 5.11. The first kappa shape index (κ1) is 12.2. The van der Waals surface area contributed by atoms with Gasteiger partial charge >= 0.3 is 0 Å². The molecule has 0 aliphatic heterocycles. The molecular formula is C15H19N3O. The number of nitrogens with zero attached hydrogens (tertiary/aromatic N) is 2. The largest absolute Gasteiger partial charge is 0.399 e. The Labute approximate surface area is 112 Å². The second-order valence-corrected chi connectivity index (χ2v) is 5.11. The Morgan fingerprint density at radius 1 is 1.32 bits per heavy atom. The molecule has 4 heteroatoms. The number of aromatic nitrogens is 1. The van der Waals surface area contributed by atoms with Crippen LogP contribution in [-0.4, -0.2) is 29.3 Å². The van der Waals surface area contributed by atoms with E-state index in [0.29, 0.717) is 12.6 Å². The van der Waals surface area contributed by atoms with Crippen molar-refractivity contribution >= 4 is 22.3 Å². The third kappa shape index (κ3) is 2.24. The molecule has 19 heavy (non-hydrogen) atoms. The van der Waals surface area contributed by atoms with E-state index in [-0.39, 0.29) is 6.61 Å². The first-order valence-electron chi connectivity index (χ1n) is 6.81. The molecule has 0 radical (unpaired) electrons. The number of benzene rings is 1. The van der Waals surface area contributed by atoms with Crippen molar-refractivity contribution in [2.24, 2.45) is 0 Å². The summed E-state index contributed by atoms with van der Waals surface area (Å²) in [6.45, 7) is 0.851. The number of nitrogen functional groups attached to an aromatic ring is 1. The third-order valence-electron chi connectivity index (χ3n) is 3.91. The van der Waals surface area contributed by atoms with Crippen LogP contribution in [0.15, 0.2) is 30.5 Å². The average molecular weight is 257 g/mol. The van der Waals surface area contributed by atoms with E-state index < -0.39 is 0 Å². The van der Waals surface area contributed by atoms with Crippen LogP contribution in [0.1, 0.15) is 19.3 Å². The number of hydrogen-bond donors (Lipinski definition) is 2. The summed E-state index contributed by atoms with van der Waals surface area (Å²) < 4.78 is 0. The van der Waals surface area contributed by atoms with Gasteiger partial charge in [-0.05, 0) is 43.5 Å². The van der Waals surface area contributed by atoms with Crippen LogP contribution in [-0.2, 0) is 0 Å². The quantitative estimate of drug-likeness (QED) is 0.824. The number of nitrogens with two attached hydrogens (primary N) is 1. The lowest BCUT2D eigenvalue weighted by atomic mass is 9.90. The van der Waals surface area contributed by atoms with Gasteiger partial charge in [-0.25, -0.2) is 0 Å². The van der Waals surface area contributed by atoms with Gasteiger partial charge in [-0.1, -0.05) is 0 Å². The van der Waals surface area contributed by atoms with Crippen LogP contribution in [0.4, 0.5) is 11.4 Å². The molecule has 0 saturated heterocycles. The summed E-state index contributed by atoms with van der Waals surface area (Å²) >= 11 is 0. The van der Waals surface area contributed by atoms with E-state index in [9.17, 15) is 5.11 Å². The molecule has 0 amide bonds. The summed E-state index contributed by atoms with van der Waals surface area (Å²) in [5, 5.41) is 10.4. The van der Waals surface area contributed by atoms with Crippen LogP contribution in [0.2, 0.25) is 0 Å². The van der Waals surface area contributed by atoms with E-state index in [4.69, 9.17) is 5.73 Å². The highest BCUT2D eigenvalue weighted by Crippen LogP contribution is 2.33. The number of pyridine rings is 1. The van der Waals surface area contributed by atoms with Gasteiger partial charge in [0.15, 0.2) is 0 Å². The van der Waals surface area contributed by atoms with Gasteiger partial charge in [0.25, 0.3) is 0 Å². The first-order chi connectivity index (χ1) is 9.29. The highest BCUT2D eigenvalue weighted by molar-refractivity contribution is 5.93. The molecule has 0 bridgehead atoms. The molecule has 1 aliphatic rings. The lowest BCUT2D eigenvalue weighted by molar-refractivity contribution is 0.284. The molecule has 0 unspecified atom stereocenters. The SMILES string of the molecule is Nc1ccc2c(N(CCO)C3CCC3)ccnc2c1. The standard InChI is InChI=1S/C15H19N3O/c16-11-4-5-13-14(10-11)17-7-6-15(13)18(8-9-19)12-2-1-3-12/h4-7,10,12,19H,1-3,8-9,16H2. The Balaban J connectivity index is 2.06. The van der Waals surface area contributed by atoms with Gasteiger partial charge in [-0.15, -0.1) is 0 Å². The summed E-state index contributed by atoms with van der Waals surface area (Å²) in [6.07, 6.45) is 5.51. The fourth-order valence-corrected chi connectivity index (χ4v) is 2.71. The molecule has 0 spiro atoms. The number of aliphatic hydroxyl groups excluding tert-OH is 1. The number of hydrogen-bond acceptors (Lipinski definition) is 4. The Bertz CT molecular complexity index is 581. The van der Waals surface area contributed by atoms with Gasteiger partial charge in [0, 0.05) is 35.5 Å². The van der Waals surface area contributed by atoms with Crippen LogP contribution in [0, 0.1) is 0 Å². The first-order valence-corrected chi connectivity index (χ1v) is 6.81. The van der Waals surface area contributed by atoms with Crippen LogP contribution < -0.4 is 10.6 Å². The summed E-state index contributed by atoms with van der Waals surface area (Å²) in [6, 6.07) is 8.42. The minimum atomic E-state index is 0.176. The molecule has 3 N–H and O–H groups in total. The summed E-state index contributed by atoms with van der Waals surface area (Å²) in [7, 11) is 0. The van der Waals surface area contributed by atoms with Gasteiger partial charge in [0.1, 0.15) is 0 Å². The maximum Gasteiger partial charge on any atom is 0.0743 e. The molecule has 1 heterocycles. The minimum absolute atomic E-state index is 0.176. The van der Waals surface area contributed by atoms with Crippen LogP contribution in [0.3, 0.4) is 0 Å². The molecule has 3 rings (SSSR count). The van der Waals surface area contributed by atoms with Gasteiger partial charge in [0.05, 0.1) is 12.1 Å². The molecule has 0 atom stereocenters. The Hall–Kier alpha value is -1.81. The Morgan fingerprint density at radius 3 is 2.84 bits per heavy atom. The topological polar surface area (TPSA) is 62.4 Å². The van der Waals surface area contributed by atoms with E-state index >= 15 is 0 Å². The smallest absolute Gasteiger partial charge is 0.0743 e. The van der Waals surface area contributed by atoms with Crippen molar-refractivity contribution in [2.45, 2.75) is 25.3 Å². The summed E-state index contributed by atoms with van der Waals surface area (Å²) in [5.74, 6) is 0. The van der Waals surface area contributed by atoms with E-state index in [2.05, 4.69) is 9.88 Å². The zero-order valence-electron chi connectivity index (χ0n) is 10.9. The molecule has 1 aromatic heterocycles. The van der Waals surface area contributed by atoms with Crippen LogP contribution in [0.5, 0.6) is 0 Å². The number of aliphatic hydroxyl groups is 1. The molecule has 1 saturated carbocycles. The zero-order chi connectivity index (χ0) is 13.2. The van der Waals surface area contributed by atoms with Crippen LogP contribution in [0.25, 0.3) is 10.9 Å². The van der Waals surface area contributed by atoms with Gasteiger partial charge in [-0.2, -0.15) is 0 Å². The Kier molecular flexibility index (Phi) is 3.25. The molecular weight excluding hydrogens is 238 g/mol. The molecule has 1 aromatic carbocycles. The van der Waals surface area contributed by atoms with Crippen molar-refractivity contribution in [3.8, 4) is 0 Å². The molecule has 1 fully saturated rings. The van der Waals surface area contributed by atoms with E-state index in [0.717, 1.165) is 22.3 Å². The van der Waals surface area contributed by atoms with Gasteiger partial charge in [0.2, 0.25) is 0 Å². The fraction of sp³-hybridized carbons (Fsp3) is 0.400. The third-order valence-corrected chi connectivity index (χ3v) is 3.91. The summed E-state index contributed by atoms with van der Waals surface area (Å²) in [4.78, 5) is 6.69. The van der Waals surface area contributed by atoms with Crippen molar-refractivity contribution in [3.63, 3.8) is 0 Å². The number of rotatable bonds is 4. The maximum atomic E-state index is 9.31. The average Bonchev–Trinajstić information content (AvgIpc) is 2.35. The minimum Gasteiger partial charge on any atom is -0.399 e. The van der Waals surface area contributed by atoms with Gasteiger partial charge < -0.3 is 15.7 Å². The maximum absolute atomic E-state index is 9.31. The van der Waals surface area contributed by atoms with Crippen molar-refractivity contribution in [1.82, 2.24) is 4.98 Å². The molecule has 100 valence electrons. The number of anilines is 2. The predicted octanol–water partition coefficient (Wildman–Crippen LogP) is 2.17. The second kappa shape index (κ2) is 5.05. The van der Waals surface area contributed by atoms with Crippen LogP contribution >= 0.6 is 0 Å². The van der Waals surface area contributed by atoms with Crippen molar-refractivity contribution < 1.29 is 5.11 Å². The van der Waals surface area contributed by atoms with Gasteiger partial charge in [-0.3, -0.25) is 4.98 Å². The Morgan fingerprint density at radius 2 is 2.16 bits per heavy atom. The van der Waals surface area contributed by atoms with Crippen molar-refractivity contribution in [3.05, 3.63) is 30.5 Å². The highest BCUT2D eigenvalue weighted by atomic mass is 16.3. The predicted molar refractivity (Wildman–Crippen MR) is 78.2 cm³/mol. The summed E-state index contributed by atoms with van der Waals surface area (Å²) in [5.41, 5.74) is 8.62. The fourth-order valence-electron chi connectivity index (χ4n) is 2.71. The highest BCUT2D eigenvalue weighted by Gasteiger charge is 2.25. The molecule has 1 aliphatic carbocycles. The normalized spacial score (nSPS) is 15.4.